The maximum absolute atomic E-state index is 13.8. The molecule has 3 rings (SSSR count). The van der Waals surface area contributed by atoms with Gasteiger partial charge in [-0.1, -0.05) is 11.6 Å². The van der Waals surface area contributed by atoms with Gasteiger partial charge in [-0.05, 0) is 43.9 Å². The molecule has 1 heterocycles. The topological polar surface area (TPSA) is 21.3 Å². The van der Waals surface area contributed by atoms with E-state index in [0.29, 0.717) is 11.8 Å². The lowest BCUT2D eigenvalue weighted by atomic mass is 9.97. The summed E-state index contributed by atoms with van der Waals surface area (Å²) in [7, 11) is 0. The lowest BCUT2D eigenvalue weighted by Gasteiger charge is -2.24. The Morgan fingerprint density at radius 1 is 1.16 bits per heavy atom. The van der Waals surface area contributed by atoms with Gasteiger partial charge in [-0.3, -0.25) is 0 Å². The first-order chi connectivity index (χ1) is 9.16. The zero-order chi connectivity index (χ0) is 13.4. The Kier molecular flexibility index (Phi) is 3.63. The molecule has 1 saturated heterocycles. The number of halogens is 3. The predicted octanol–water partition coefficient (Wildman–Crippen LogP) is 3.39. The summed E-state index contributed by atoms with van der Waals surface area (Å²) < 4.78 is 33.0. The molecule has 1 aromatic rings. The van der Waals surface area contributed by atoms with Gasteiger partial charge in [0.05, 0.1) is 5.02 Å². The second kappa shape index (κ2) is 5.25. The number of hydrogen-bond donors (Lipinski definition) is 1. The fraction of sp³-hybridized carbons (Fsp3) is 0.571. The molecule has 1 aromatic carbocycles. The average Bonchev–Trinajstić information content (AvgIpc) is 3.10. The maximum Gasteiger partial charge on any atom is 0.202 e. The van der Waals surface area contributed by atoms with Crippen LogP contribution in [0, 0.1) is 23.5 Å². The SMILES string of the molecule is Fc1c(Cl)ccc(OC(C2CC2)[C@H]2CCNC2)c1F. The van der Waals surface area contributed by atoms with Crippen molar-refractivity contribution in [3.05, 3.63) is 28.8 Å². The highest BCUT2D eigenvalue weighted by atomic mass is 35.5. The molecular weight excluding hydrogens is 272 g/mol. The van der Waals surface area contributed by atoms with Crippen LogP contribution in [-0.2, 0) is 0 Å². The van der Waals surface area contributed by atoms with Crippen molar-refractivity contribution in [3.8, 4) is 5.75 Å². The molecule has 19 heavy (non-hydrogen) atoms. The van der Waals surface area contributed by atoms with Gasteiger partial charge in [0.25, 0.3) is 0 Å². The summed E-state index contributed by atoms with van der Waals surface area (Å²) in [6.07, 6.45) is 3.22. The molecule has 0 spiro atoms. The molecule has 2 nitrogen and oxygen atoms in total. The third kappa shape index (κ3) is 2.70. The predicted molar refractivity (Wildman–Crippen MR) is 69.5 cm³/mol. The third-order valence-corrected chi connectivity index (χ3v) is 4.20. The van der Waals surface area contributed by atoms with E-state index in [4.69, 9.17) is 16.3 Å². The Morgan fingerprint density at radius 2 is 1.95 bits per heavy atom. The van der Waals surface area contributed by atoms with Crippen LogP contribution in [-0.4, -0.2) is 19.2 Å². The van der Waals surface area contributed by atoms with Gasteiger partial charge < -0.3 is 10.1 Å². The molecular formula is C14H16ClF2NO. The molecule has 104 valence electrons. The third-order valence-electron chi connectivity index (χ3n) is 3.91. The van der Waals surface area contributed by atoms with Gasteiger partial charge in [0, 0.05) is 12.5 Å². The van der Waals surface area contributed by atoms with Crippen molar-refractivity contribution in [2.75, 3.05) is 13.1 Å². The van der Waals surface area contributed by atoms with Crippen LogP contribution in [0.1, 0.15) is 19.3 Å². The standard InChI is InChI=1S/C14H16ClF2NO/c15-10-3-4-11(13(17)12(10)16)19-14(8-1-2-8)9-5-6-18-7-9/h3-4,8-9,14,18H,1-2,5-7H2/t9-,14?/m0/s1. The van der Waals surface area contributed by atoms with Crippen LogP contribution in [0.5, 0.6) is 5.75 Å². The van der Waals surface area contributed by atoms with Crippen molar-refractivity contribution in [2.45, 2.75) is 25.4 Å². The van der Waals surface area contributed by atoms with Gasteiger partial charge in [0.15, 0.2) is 11.6 Å². The Labute approximate surface area is 116 Å². The van der Waals surface area contributed by atoms with Crippen molar-refractivity contribution in [3.63, 3.8) is 0 Å². The molecule has 1 unspecified atom stereocenters. The van der Waals surface area contributed by atoms with E-state index in [2.05, 4.69) is 5.32 Å². The van der Waals surface area contributed by atoms with E-state index in [9.17, 15) is 8.78 Å². The van der Waals surface area contributed by atoms with Gasteiger partial charge in [-0.25, -0.2) is 4.39 Å². The minimum Gasteiger partial charge on any atom is -0.487 e. The number of rotatable bonds is 4. The van der Waals surface area contributed by atoms with Gasteiger partial charge in [0.1, 0.15) is 6.10 Å². The smallest absolute Gasteiger partial charge is 0.202 e. The summed E-state index contributed by atoms with van der Waals surface area (Å²) in [6, 6.07) is 2.75. The van der Waals surface area contributed by atoms with E-state index in [1.54, 1.807) is 0 Å². The van der Waals surface area contributed by atoms with Crippen LogP contribution in [0.2, 0.25) is 5.02 Å². The molecule has 2 aliphatic rings. The van der Waals surface area contributed by atoms with Crippen molar-refractivity contribution in [1.82, 2.24) is 5.32 Å². The summed E-state index contributed by atoms with van der Waals surface area (Å²) in [5.41, 5.74) is 0. The molecule has 0 amide bonds. The van der Waals surface area contributed by atoms with Gasteiger partial charge in [-0.15, -0.1) is 0 Å². The van der Waals surface area contributed by atoms with Crippen LogP contribution >= 0.6 is 11.6 Å². The molecule has 1 aliphatic heterocycles. The van der Waals surface area contributed by atoms with Gasteiger partial charge in [0.2, 0.25) is 5.82 Å². The van der Waals surface area contributed by atoms with Crippen molar-refractivity contribution in [2.24, 2.45) is 11.8 Å². The van der Waals surface area contributed by atoms with E-state index in [-0.39, 0.29) is 16.9 Å². The quantitative estimate of drug-likeness (QED) is 0.857. The van der Waals surface area contributed by atoms with Crippen molar-refractivity contribution in [1.29, 1.82) is 0 Å². The lowest BCUT2D eigenvalue weighted by molar-refractivity contribution is 0.114. The van der Waals surface area contributed by atoms with E-state index in [1.807, 2.05) is 0 Å². The minimum atomic E-state index is -1.03. The number of nitrogens with one attached hydrogen (secondary N) is 1. The number of hydrogen-bond acceptors (Lipinski definition) is 2. The number of benzene rings is 1. The van der Waals surface area contributed by atoms with Crippen LogP contribution < -0.4 is 10.1 Å². The Bertz CT molecular complexity index is 473. The Hall–Kier alpha value is -0.870. The highest BCUT2D eigenvalue weighted by Crippen LogP contribution is 2.40. The van der Waals surface area contributed by atoms with Gasteiger partial charge >= 0.3 is 0 Å². The summed E-state index contributed by atoms with van der Waals surface area (Å²) in [6.45, 7) is 1.85. The van der Waals surface area contributed by atoms with Crippen molar-refractivity contribution < 1.29 is 13.5 Å². The Morgan fingerprint density at radius 3 is 2.58 bits per heavy atom. The first kappa shape index (κ1) is 13.1. The molecule has 0 bridgehead atoms. The highest BCUT2D eigenvalue weighted by molar-refractivity contribution is 6.30. The Balaban J connectivity index is 1.80. The summed E-state index contributed by atoms with van der Waals surface area (Å²) in [5, 5.41) is 3.07. The zero-order valence-corrected chi connectivity index (χ0v) is 11.2. The monoisotopic (exact) mass is 287 g/mol. The van der Waals surface area contributed by atoms with Crippen LogP contribution in [0.15, 0.2) is 12.1 Å². The first-order valence-corrected chi connectivity index (χ1v) is 7.05. The summed E-state index contributed by atoms with van der Waals surface area (Å²) >= 11 is 5.54. The molecule has 1 N–H and O–H groups in total. The van der Waals surface area contributed by atoms with E-state index >= 15 is 0 Å². The van der Waals surface area contributed by atoms with Crippen LogP contribution in [0.25, 0.3) is 0 Å². The zero-order valence-electron chi connectivity index (χ0n) is 10.5. The number of ether oxygens (including phenoxy) is 1. The highest BCUT2D eigenvalue weighted by Gasteiger charge is 2.40. The molecule has 2 fully saturated rings. The average molecular weight is 288 g/mol. The maximum atomic E-state index is 13.8. The second-order valence-corrected chi connectivity index (χ2v) is 5.75. The molecule has 5 heteroatoms. The molecule has 1 saturated carbocycles. The fourth-order valence-electron chi connectivity index (χ4n) is 2.71. The summed E-state index contributed by atoms with van der Waals surface area (Å²) in [4.78, 5) is 0. The first-order valence-electron chi connectivity index (χ1n) is 6.67. The van der Waals surface area contributed by atoms with Crippen LogP contribution in [0.3, 0.4) is 0 Å². The van der Waals surface area contributed by atoms with E-state index in [0.717, 1.165) is 32.4 Å². The largest absolute Gasteiger partial charge is 0.487 e. The normalized spacial score (nSPS) is 24.5. The van der Waals surface area contributed by atoms with Gasteiger partial charge in [-0.2, -0.15) is 4.39 Å². The lowest BCUT2D eigenvalue weighted by Crippen LogP contribution is -2.31. The minimum absolute atomic E-state index is 0.0225. The van der Waals surface area contributed by atoms with Crippen molar-refractivity contribution >= 4 is 11.6 Å². The molecule has 2 atom stereocenters. The molecule has 1 aliphatic carbocycles. The van der Waals surface area contributed by atoms with E-state index < -0.39 is 11.6 Å². The van der Waals surface area contributed by atoms with E-state index in [1.165, 1.54) is 12.1 Å². The second-order valence-electron chi connectivity index (χ2n) is 5.35. The molecule has 0 radical (unpaired) electrons. The van der Waals surface area contributed by atoms with Crippen LogP contribution in [0.4, 0.5) is 8.78 Å². The summed E-state index contributed by atoms with van der Waals surface area (Å²) in [5.74, 6) is -1.18. The molecule has 0 aromatic heterocycles. The fourth-order valence-corrected chi connectivity index (χ4v) is 2.85.